The monoisotopic (exact) mass is 408 g/mol. The molecule has 1 unspecified atom stereocenters. The predicted octanol–water partition coefficient (Wildman–Crippen LogP) is 4.15. The molecule has 7 heteroatoms. The van der Waals surface area contributed by atoms with Gasteiger partial charge in [0.15, 0.2) is 0 Å². The number of nitrogens with zero attached hydrogens (tertiary/aromatic N) is 1. The van der Waals surface area contributed by atoms with E-state index in [1.54, 1.807) is 12.1 Å². The molecule has 0 spiro atoms. The molecule has 2 amide bonds. The molecule has 1 aliphatic rings. The summed E-state index contributed by atoms with van der Waals surface area (Å²) in [6.07, 6.45) is 0.216. The molecular formula is C22H33FN2O4. The molecule has 1 saturated heterocycles. The molecule has 1 aromatic carbocycles. The van der Waals surface area contributed by atoms with E-state index < -0.39 is 23.5 Å². The zero-order chi connectivity index (χ0) is 21.8. The molecule has 6 nitrogen and oxygen atoms in total. The van der Waals surface area contributed by atoms with Crippen LogP contribution in [-0.2, 0) is 4.79 Å². The second kappa shape index (κ2) is 9.46. The molecule has 0 aliphatic carbocycles. The summed E-state index contributed by atoms with van der Waals surface area (Å²) in [5.41, 5.74) is -0.396. The van der Waals surface area contributed by atoms with E-state index in [1.165, 1.54) is 12.1 Å². The molecule has 2 N–H and O–H groups in total. The van der Waals surface area contributed by atoms with E-state index in [4.69, 9.17) is 4.74 Å². The van der Waals surface area contributed by atoms with Crippen LogP contribution in [0.15, 0.2) is 24.3 Å². The fourth-order valence-corrected chi connectivity index (χ4v) is 3.90. The molecule has 0 saturated carbocycles. The van der Waals surface area contributed by atoms with Crippen molar-refractivity contribution in [3.63, 3.8) is 0 Å². The standard InChI is InChI=1S/C22H33FN2O4/c1-14(2)18(19(22(3,4)5)24-21(27)28)20(26)25-12-10-17(11-13-25)29-16-8-6-15(23)7-9-16/h6-9,14,17-19,24H,10-13H2,1-5H3,(H,27,28)/t18-,19?/m0/s1. The van der Waals surface area contributed by atoms with Crippen LogP contribution in [0.25, 0.3) is 0 Å². The lowest BCUT2D eigenvalue weighted by molar-refractivity contribution is -0.141. The molecule has 29 heavy (non-hydrogen) atoms. The molecule has 0 radical (unpaired) electrons. The SMILES string of the molecule is CC(C)[C@H](C(=O)N1CCC(Oc2ccc(F)cc2)CC1)C(NC(=O)O)C(C)(C)C. The first-order chi connectivity index (χ1) is 13.5. The predicted molar refractivity (Wildman–Crippen MR) is 109 cm³/mol. The van der Waals surface area contributed by atoms with Crippen molar-refractivity contribution < 1.29 is 23.8 Å². The summed E-state index contributed by atoms with van der Waals surface area (Å²) in [4.78, 5) is 26.5. The van der Waals surface area contributed by atoms with Crippen molar-refractivity contribution in [2.45, 2.75) is 59.6 Å². The largest absolute Gasteiger partial charge is 0.490 e. The van der Waals surface area contributed by atoms with Crippen molar-refractivity contribution in [2.24, 2.45) is 17.3 Å². The Balaban J connectivity index is 2.04. The van der Waals surface area contributed by atoms with Gasteiger partial charge in [0, 0.05) is 32.0 Å². The number of piperidine rings is 1. The lowest BCUT2D eigenvalue weighted by atomic mass is 9.73. The molecule has 1 aliphatic heterocycles. The summed E-state index contributed by atoms with van der Waals surface area (Å²) < 4.78 is 18.9. The number of hydrogen-bond donors (Lipinski definition) is 2. The van der Waals surface area contributed by atoms with E-state index >= 15 is 0 Å². The van der Waals surface area contributed by atoms with Gasteiger partial charge in [-0.05, 0) is 35.6 Å². The number of likely N-dealkylation sites (tertiary alicyclic amines) is 1. The third kappa shape index (κ3) is 6.34. The van der Waals surface area contributed by atoms with Crippen molar-refractivity contribution in [1.82, 2.24) is 10.2 Å². The highest BCUT2D eigenvalue weighted by atomic mass is 19.1. The third-order valence-corrected chi connectivity index (χ3v) is 5.44. The lowest BCUT2D eigenvalue weighted by Gasteiger charge is -2.42. The van der Waals surface area contributed by atoms with Gasteiger partial charge in [-0.25, -0.2) is 9.18 Å². The summed E-state index contributed by atoms with van der Waals surface area (Å²) in [6, 6.07) is 5.45. The van der Waals surface area contributed by atoms with Crippen molar-refractivity contribution in [3.8, 4) is 5.75 Å². The first-order valence-electron chi connectivity index (χ1n) is 10.2. The minimum atomic E-state index is -1.12. The highest BCUT2D eigenvalue weighted by Crippen LogP contribution is 2.32. The van der Waals surface area contributed by atoms with E-state index in [0.29, 0.717) is 31.7 Å². The van der Waals surface area contributed by atoms with Crippen LogP contribution in [0.5, 0.6) is 5.75 Å². The van der Waals surface area contributed by atoms with Gasteiger partial charge in [-0.2, -0.15) is 0 Å². The van der Waals surface area contributed by atoms with Crippen LogP contribution in [0.1, 0.15) is 47.5 Å². The first-order valence-corrected chi connectivity index (χ1v) is 10.2. The van der Waals surface area contributed by atoms with Crippen molar-refractivity contribution in [1.29, 1.82) is 0 Å². The van der Waals surface area contributed by atoms with E-state index in [2.05, 4.69) is 5.32 Å². The second-order valence-electron chi connectivity index (χ2n) is 9.16. The van der Waals surface area contributed by atoms with Crippen LogP contribution in [0.4, 0.5) is 9.18 Å². The van der Waals surface area contributed by atoms with E-state index in [1.807, 2.05) is 39.5 Å². The van der Waals surface area contributed by atoms with Gasteiger partial charge < -0.3 is 20.1 Å². The molecule has 162 valence electrons. The Kier molecular flexibility index (Phi) is 7.49. The molecule has 2 atom stereocenters. The molecular weight excluding hydrogens is 375 g/mol. The number of carbonyl (C=O) groups is 2. The van der Waals surface area contributed by atoms with E-state index in [0.717, 1.165) is 0 Å². The molecule has 1 heterocycles. The van der Waals surface area contributed by atoms with Gasteiger partial charge in [0.25, 0.3) is 0 Å². The number of amides is 2. The maximum atomic E-state index is 13.3. The van der Waals surface area contributed by atoms with Crippen molar-refractivity contribution in [2.75, 3.05) is 13.1 Å². The Morgan fingerprint density at radius 2 is 1.72 bits per heavy atom. The summed E-state index contributed by atoms with van der Waals surface area (Å²) in [5.74, 6) is -0.156. The quantitative estimate of drug-likeness (QED) is 0.741. The number of hydrogen-bond acceptors (Lipinski definition) is 3. The van der Waals surface area contributed by atoms with Crippen LogP contribution >= 0.6 is 0 Å². The number of carboxylic acid groups (broad SMARTS) is 1. The van der Waals surface area contributed by atoms with Gasteiger partial charge in [-0.3, -0.25) is 4.79 Å². The summed E-state index contributed by atoms with van der Waals surface area (Å²) in [5, 5.41) is 11.9. The maximum Gasteiger partial charge on any atom is 0.404 e. The molecule has 1 aromatic rings. The fourth-order valence-electron chi connectivity index (χ4n) is 3.90. The van der Waals surface area contributed by atoms with Crippen molar-refractivity contribution >= 4 is 12.0 Å². The number of carbonyl (C=O) groups excluding carboxylic acids is 1. The average Bonchev–Trinajstić information content (AvgIpc) is 2.62. The Bertz CT molecular complexity index is 692. The van der Waals surface area contributed by atoms with Crippen LogP contribution in [0.2, 0.25) is 0 Å². The summed E-state index contributed by atoms with van der Waals surface area (Å²) in [7, 11) is 0. The number of rotatable bonds is 6. The van der Waals surface area contributed by atoms with Gasteiger partial charge in [0.05, 0.1) is 5.92 Å². The summed E-state index contributed by atoms with van der Waals surface area (Å²) in [6.45, 7) is 10.8. The van der Waals surface area contributed by atoms with Gasteiger partial charge in [-0.1, -0.05) is 34.6 Å². The normalized spacial score (nSPS) is 17.7. The second-order valence-corrected chi connectivity index (χ2v) is 9.16. The van der Waals surface area contributed by atoms with Crippen LogP contribution in [0.3, 0.4) is 0 Å². The number of ether oxygens (including phenoxy) is 1. The smallest absolute Gasteiger partial charge is 0.404 e. The van der Waals surface area contributed by atoms with Gasteiger partial charge >= 0.3 is 6.09 Å². The lowest BCUT2D eigenvalue weighted by Crippen LogP contribution is -2.56. The average molecular weight is 409 g/mol. The molecule has 0 aromatic heterocycles. The zero-order valence-electron chi connectivity index (χ0n) is 17.9. The van der Waals surface area contributed by atoms with Crippen molar-refractivity contribution in [3.05, 3.63) is 30.1 Å². The first kappa shape index (κ1) is 23.0. The van der Waals surface area contributed by atoms with Gasteiger partial charge in [-0.15, -0.1) is 0 Å². The van der Waals surface area contributed by atoms with Gasteiger partial charge in [0.1, 0.15) is 17.7 Å². The molecule has 1 fully saturated rings. The van der Waals surface area contributed by atoms with E-state index in [9.17, 15) is 19.1 Å². The third-order valence-electron chi connectivity index (χ3n) is 5.44. The Labute approximate surface area is 172 Å². The van der Waals surface area contributed by atoms with Crippen LogP contribution in [0, 0.1) is 23.1 Å². The number of halogens is 1. The fraction of sp³-hybridized carbons (Fsp3) is 0.636. The number of benzene rings is 1. The topological polar surface area (TPSA) is 78.9 Å². The molecule has 2 rings (SSSR count). The number of nitrogens with one attached hydrogen (secondary N) is 1. The van der Waals surface area contributed by atoms with Crippen LogP contribution in [-0.4, -0.2) is 47.2 Å². The minimum Gasteiger partial charge on any atom is -0.490 e. The highest BCUT2D eigenvalue weighted by molar-refractivity contribution is 5.81. The Morgan fingerprint density at radius 3 is 2.17 bits per heavy atom. The maximum absolute atomic E-state index is 13.3. The van der Waals surface area contributed by atoms with E-state index in [-0.39, 0.29) is 23.7 Å². The van der Waals surface area contributed by atoms with Crippen LogP contribution < -0.4 is 10.1 Å². The van der Waals surface area contributed by atoms with Gasteiger partial charge in [0.2, 0.25) is 5.91 Å². The highest BCUT2D eigenvalue weighted by Gasteiger charge is 2.42. The Hall–Kier alpha value is -2.31. The Morgan fingerprint density at radius 1 is 1.17 bits per heavy atom. The molecule has 0 bridgehead atoms. The minimum absolute atomic E-state index is 0.00763. The summed E-state index contributed by atoms with van der Waals surface area (Å²) >= 11 is 0. The zero-order valence-corrected chi connectivity index (χ0v) is 17.9.